The SMILES string of the molecule is COc1ccc(C(=O)Nc2ccc(N3CCC(C)C3)cc2)cc1S(=O)(=O)NC1CC1. The Morgan fingerprint density at radius 2 is 1.83 bits per heavy atom. The van der Waals surface area contributed by atoms with Gasteiger partial charge in [-0.05, 0) is 67.6 Å². The van der Waals surface area contributed by atoms with Crippen molar-refractivity contribution in [3.05, 3.63) is 48.0 Å². The Morgan fingerprint density at radius 1 is 1.10 bits per heavy atom. The third-order valence-corrected chi connectivity index (χ3v) is 7.07. The van der Waals surface area contributed by atoms with Crippen LogP contribution >= 0.6 is 0 Å². The van der Waals surface area contributed by atoms with Crippen LogP contribution in [0, 0.1) is 5.92 Å². The summed E-state index contributed by atoms with van der Waals surface area (Å²) in [7, 11) is -2.34. The van der Waals surface area contributed by atoms with E-state index in [0.29, 0.717) is 11.6 Å². The number of nitrogens with zero attached hydrogens (tertiary/aromatic N) is 1. The molecule has 1 saturated carbocycles. The minimum absolute atomic E-state index is 0.0250. The van der Waals surface area contributed by atoms with Crippen molar-refractivity contribution < 1.29 is 17.9 Å². The number of carbonyl (C=O) groups is 1. The maximum Gasteiger partial charge on any atom is 0.255 e. The monoisotopic (exact) mass is 429 g/mol. The van der Waals surface area contributed by atoms with Gasteiger partial charge >= 0.3 is 0 Å². The van der Waals surface area contributed by atoms with Gasteiger partial charge in [0.15, 0.2) is 0 Å². The third kappa shape index (κ3) is 4.60. The fourth-order valence-corrected chi connectivity index (χ4v) is 5.14. The molecule has 0 radical (unpaired) electrons. The van der Waals surface area contributed by atoms with Crippen LogP contribution in [-0.2, 0) is 10.0 Å². The molecule has 2 N–H and O–H groups in total. The fourth-order valence-electron chi connectivity index (χ4n) is 3.64. The van der Waals surface area contributed by atoms with Crippen LogP contribution in [0.3, 0.4) is 0 Å². The second-order valence-electron chi connectivity index (χ2n) is 8.10. The molecule has 2 aliphatic rings. The van der Waals surface area contributed by atoms with Gasteiger partial charge in [-0.3, -0.25) is 4.79 Å². The van der Waals surface area contributed by atoms with Crippen LogP contribution in [0.25, 0.3) is 0 Å². The quantitative estimate of drug-likeness (QED) is 0.706. The van der Waals surface area contributed by atoms with Crippen LogP contribution in [0.2, 0.25) is 0 Å². The van der Waals surface area contributed by atoms with Crippen LogP contribution in [-0.4, -0.2) is 40.6 Å². The van der Waals surface area contributed by atoms with Crippen molar-refractivity contribution in [1.82, 2.24) is 4.72 Å². The van der Waals surface area contributed by atoms with Crippen molar-refractivity contribution in [3.63, 3.8) is 0 Å². The van der Waals surface area contributed by atoms with E-state index in [4.69, 9.17) is 4.74 Å². The van der Waals surface area contributed by atoms with E-state index in [-0.39, 0.29) is 28.2 Å². The van der Waals surface area contributed by atoms with E-state index in [2.05, 4.69) is 21.9 Å². The second-order valence-corrected chi connectivity index (χ2v) is 9.78. The molecular weight excluding hydrogens is 402 g/mol. The maximum absolute atomic E-state index is 12.7. The van der Waals surface area contributed by atoms with Crippen LogP contribution in [0.5, 0.6) is 5.75 Å². The summed E-state index contributed by atoms with van der Waals surface area (Å²) in [6.07, 6.45) is 2.85. The number of rotatable bonds is 7. The summed E-state index contributed by atoms with van der Waals surface area (Å²) in [5.74, 6) is 0.534. The number of hydrogen-bond acceptors (Lipinski definition) is 5. The lowest BCUT2D eigenvalue weighted by Crippen LogP contribution is -2.26. The topological polar surface area (TPSA) is 87.7 Å². The summed E-state index contributed by atoms with van der Waals surface area (Å²) in [5.41, 5.74) is 2.05. The van der Waals surface area contributed by atoms with Crippen LogP contribution in [0.1, 0.15) is 36.5 Å². The normalized spacial score (nSPS) is 19.0. The zero-order chi connectivity index (χ0) is 21.3. The predicted molar refractivity (Wildman–Crippen MR) is 117 cm³/mol. The minimum Gasteiger partial charge on any atom is -0.495 e. The van der Waals surface area contributed by atoms with Gasteiger partial charge in [0.1, 0.15) is 10.6 Å². The number of ether oxygens (including phenoxy) is 1. The average Bonchev–Trinajstić information content (AvgIpc) is 3.43. The molecule has 2 fully saturated rings. The first kappa shape index (κ1) is 20.7. The smallest absolute Gasteiger partial charge is 0.255 e. The lowest BCUT2D eigenvalue weighted by atomic mass is 10.2. The molecule has 0 aromatic heterocycles. The molecule has 4 rings (SSSR count). The molecule has 8 heteroatoms. The van der Waals surface area contributed by atoms with Crippen LogP contribution in [0.4, 0.5) is 11.4 Å². The van der Waals surface area contributed by atoms with Gasteiger partial charge in [0.05, 0.1) is 7.11 Å². The molecule has 160 valence electrons. The number of sulfonamides is 1. The van der Waals surface area contributed by atoms with Gasteiger partial charge in [-0.15, -0.1) is 0 Å². The number of benzene rings is 2. The van der Waals surface area contributed by atoms with E-state index >= 15 is 0 Å². The highest BCUT2D eigenvalue weighted by Crippen LogP contribution is 2.29. The summed E-state index contributed by atoms with van der Waals surface area (Å²) in [5, 5.41) is 2.84. The van der Waals surface area contributed by atoms with Crippen LogP contribution in [0.15, 0.2) is 47.4 Å². The van der Waals surface area contributed by atoms with Gasteiger partial charge in [0.2, 0.25) is 10.0 Å². The molecule has 1 aliphatic carbocycles. The third-order valence-electron chi connectivity index (χ3n) is 5.53. The first-order valence-corrected chi connectivity index (χ1v) is 11.7. The molecule has 7 nitrogen and oxygen atoms in total. The lowest BCUT2D eigenvalue weighted by Gasteiger charge is -2.18. The highest BCUT2D eigenvalue weighted by atomic mass is 32.2. The Morgan fingerprint density at radius 3 is 2.43 bits per heavy atom. The Balaban J connectivity index is 1.50. The summed E-state index contributed by atoms with van der Waals surface area (Å²) in [6, 6.07) is 12.1. The average molecular weight is 430 g/mol. The van der Waals surface area contributed by atoms with Gasteiger partial charge in [-0.25, -0.2) is 13.1 Å². The number of carbonyl (C=O) groups excluding carboxylic acids is 1. The summed E-state index contributed by atoms with van der Waals surface area (Å²) in [6.45, 7) is 4.34. The molecule has 1 heterocycles. The van der Waals surface area contributed by atoms with Crippen molar-refractivity contribution in [1.29, 1.82) is 0 Å². The molecule has 0 spiro atoms. The van der Waals surface area contributed by atoms with Crippen molar-refractivity contribution in [2.75, 3.05) is 30.4 Å². The first-order valence-electron chi connectivity index (χ1n) is 10.2. The highest BCUT2D eigenvalue weighted by Gasteiger charge is 2.30. The maximum atomic E-state index is 12.7. The van der Waals surface area contributed by atoms with Crippen LogP contribution < -0.4 is 19.7 Å². The molecule has 1 atom stereocenters. The fraction of sp³-hybridized carbons (Fsp3) is 0.409. The molecule has 2 aromatic rings. The van der Waals surface area contributed by atoms with E-state index in [1.54, 1.807) is 6.07 Å². The second kappa shape index (κ2) is 8.28. The van der Waals surface area contributed by atoms with Gasteiger partial charge in [0.25, 0.3) is 5.91 Å². The van der Waals surface area contributed by atoms with Gasteiger partial charge in [-0.1, -0.05) is 6.92 Å². The van der Waals surface area contributed by atoms with Gasteiger partial charge in [-0.2, -0.15) is 0 Å². The van der Waals surface area contributed by atoms with E-state index in [1.807, 2.05) is 24.3 Å². The Bertz CT molecular complexity index is 1030. The number of hydrogen-bond donors (Lipinski definition) is 2. The highest BCUT2D eigenvalue weighted by molar-refractivity contribution is 7.89. The zero-order valence-corrected chi connectivity index (χ0v) is 18.0. The van der Waals surface area contributed by atoms with Crippen molar-refractivity contribution in [2.24, 2.45) is 5.92 Å². The van der Waals surface area contributed by atoms with E-state index in [1.165, 1.54) is 25.7 Å². The number of amides is 1. The van der Waals surface area contributed by atoms with Crippen molar-refractivity contribution >= 4 is 27.3 Å². The Kier molecular flexibility index (Phi) is 5.71. The van der Waals surface area contributed by atoms with Gasteiger partial charge < -0.3 is 15.0 Å². The molecule has 0 bridgehead atoms. The summed E-state index contributed by atoms with van der Waals surface area (Å²) < 4.78 is 33.1. The molecule has 1 aliphatic heterocycles. The largest absolute Gasteiger partial charge is 0.495 e. The standard InChI is InChI=1S/C22H27N3O4S/c1-15-11-12-25(14-15)19-8-6-17(7-9-19)23-22(26)16-3-10-20(29-2)21(13-16)30(27,28)24-18-4-5-18/h3,6-10,13,15,18,24H,4-5,11-12,14H2,1-2H3,(H,23,26). The molecule has 1 amide bonds. The molecule has 1 saturated heterocycles. The van der Waals surface area contributed by atoms with E-state index in [9.17, 15) is 13.2 Å². The molecule has 2 aromatic carbocycles. The number of methoxy groups -OCH3 is 1. The van der Waals surface area contributed by atoms with E-state index < -0.39 is 10.0 Å². The lowest BCUT2D eigenvalue weighted by molar-refractivity contribution is 0.102. The molecule has 1 unspecified atom stereocenters. The Hall–Kier alpha value is -2.58. The molecular formula is C22H27N3O4S. The molecule has 30 heavy (non-hydrogen) atoms. The zero-order valence-electron chi connectivity index (χ0n) is 17.2. The van der Waals surface area contributed by atoms with E-state index in [0.717, 1.165) is 31.6 Å². The summed E-state index contributed by atoms with van der Waals surface area (Å²) in [4.78, 5) is 15.0. The van der Waals surface area contributed by atoms with Crippen molar-refractivity contribution in [3.8, 4) is 5.75 Å². The number of anilines is 2. The number of nitrogens with one attached hydrogen (secondary N) is 2. The van der Waals surface area contributed by atoms with Crippen molar-refractivity contribution in [2.45, 2.75) is 37.1 Å². The summed E-state index contributed by atoms with van der Waals surface area (Å²) >= 11 is 0. The minimum atomic E-state index is -3.75. The first-order chi connectivity index (χ1) is 14.4. The van der Waals surface area contributed by atoms with Gasteiger partial charge in [0, 0.05) is 36.1 Å². The Labute approximate surface area is 177 Å². The predicted octanol–water partition coefficient (Wildman–Crippen LogP) is 3.23.